The average molecular weight is 465 g/mol. The number of carboxylic acids is 1. The lowest BCUT2D eigenvalue weighted by atomic mass is 9.88. The van der Waals surface area contributed by atoms with Crippen molar-refractivity contribution in [3.05, 3.63) is 76.9 Å². The first kappa shape index (κ1) is 26.1. The molecular weight excluding hydrogens is 424 g/mol. The molecule has 1 aliphatic carbocycles. The van der Waals surface area contributed by atoms with Crippen LogP contribution in [-0.2, 0) is 24.2 Å². The van der Waals surface area contributed by atoms with E-state index in [0.717, 1.165) is 31.4 Å². The minimum Gasteiger partial charge on any atom is -0.481 e. The number of rotatable bonds is 13. The zero-order valence-electron chi connectivity index (χ0n) is 20.8. The molecule has 34 heavy (non-hydrogen) atoms. The lowest BCUT2D eigenvalue weighted by Crippen LogP contribution is -2.47. The molecule has 3 rings (SSSR count). The molecular formula is C29H40N2O3. The maximum atomic E-state index is 10.6. The molecule has 1 atom stereocenters. The molecule has 5 nitrogen and oxygen atoms in total. The molecule has 2 aromatic carbocycles. The first-order chi connectivity index (χ1) is 16.2. The molecule has 3 N–H and O–H groups in total. The topological polar surface area (TPSA) is 72.8 Å². The van der Waals surface area contributed by atoms with Gasteiger partial charge < -0.3 is 15.5 Å². The largest absolute Gasteiger partial charge is 0.481 e. The van der Waals surface area contributed by atoms with E-state index in [2.05, 4.69) is 60.5 Å². The number of β-amino-alcohol motifs (C(OH)–C–C–N with tert-alkyl or cyclic N) is 1. The highest BCUT2D eigenvalue weighted by atomic mass is 16.4. The van der Waals surface area contributed by atoms with Crippen LogP contribution in [0.25, 0.3) is 6.08 Å². The van der Waals surface area contributed by atoms with Crippen molar-refractivity contribution in [2.75, 3.05) is 20.1 Å². The summed E-state index contributed by atoms with van der Waals surface area (Å²) in [7, 11) is 2.03. The van der Waals surface area contributed by atoms with Crippen LogP contribution in [0.4, 0.5) is 0 Å². The van der Waals surface area contributed by atoms with Crippen molar-refractivity contribution in [3.8, 4) is 0 Å². The molecule has 0 radical (unpaired) electrons. The Morgan fingerprint density at radius 3 is 2.41 bits per heavy atom. The number of fused-ring (bicyclic) bond motifs is 1. The molecule has 184 valence electrons. The number of aliphatic hydroxyl groups excluding tert-OH is 1. The summed E-state index contributed by atoms with van der Waals surface area (Å²) in [4.78, 5) is 12.7. The molecule has 0 heterocycles. The highest BCUT2D eigenvalue weighted by Crippen LogP contribution is 2.31. The van der Waals surface area contributed by atoms with E-state index in [0.29, 0.717) is 25.4 Å². The lowest BCUT2D eigenvalue weighted by Gasteiger charge is -2.31. The van der Waals surface area contributed by atoms with Gasteiger partial charge in [0.1, 0.15) is 0 Å². The van der Waals surface area contributed by atoms with Crippen LogP contribution in [-0.4, -0.2) is 52.9 Å². The van der Waals surface area contributed by atoms with Crippen molar-refractivity contribution in [3.63, 3.8) is 0 Å². The third kappa shape index (κ3) is 8.71. The third-order valence-electron chi connectivity index (χ3n) is 6.54. The first-order valence-corrected chi connectivity index (χ1v) is 12.4. The second-order valence-electron chi connectivity index (χ2n) is 10.4. The number of nitrogens with one attached hydrogen (secondary N) is 1. The van der Waals surface area contributed by atoms with Crippen LogP contribution in [0, 0.1) is 5.92 Å². The minimum atomic E-state index is -0.774. The summed E-state index contributed by atoms with van der Waals surface area (Å²) < 4.78 is 0. The van der Waals surface area contributed by atoms with Crippen molar-refractivity contribution < 1.29 is 15.0 Å². The average Bonchev–Trinajstić information content (AvgIpc) is 3.18. The van der Waals surface area contributed by atoms with Gasteiger partial charge in [0.2, 0.25) is 0 Å². The Kier molecular flexibility index (Phi) is 9.45. The number of hydrogen-bond acceptors (Lipinski definition) is 4. The van der Waals surface area contributed by atoms with Crippen molar-refractivity contribution in [2.24, 2.45) is 5.92 Å². The monoisotopic (exact) mass is 464 g/mol. The summed E-state index contributed by atoms with van der Waals surface area (Å²) in [5, 5.41) is 22.9. The van der Waals surface area contributed by atoms with Crippen molar-refractivity contribution >= 4 is 12.0 Å². The smallest absolute Gasteiger partial charge is 0.303 e. The van der Waals surface area contributed by atoms with E-state index in [1.807, 2.05) is 31.3 Å². The van der Waals surface area contributed by atoms with E-state index in [1.54, 1.807) is 0 Å². The molecule has 0 amide bonds. The zero-order valence-corrected chi connectivity index (χ0v) is 20.8. The normalized spacial score (nSPS) is 15.2. The SMILES string of the molecule is CN(Cc1ccc(/C=C/CCC(=O)O)cc1)C[C@H](O)CNC(C)(C)CC1Cc2ccccc2C1. The lowest BCUT2D eigenvalue weighted by molar-refractivity contribution is -0.136. The molecule has 5 heteroatoms. The summed E-state index contributed by atoms with van der Waals surface area (Å²) in [6.45, 7) is 6.43. The Morgan fingerprint density at radius 1 is 1.15 bits per heavy atom. The number of aliphatic hydroxyl groups is 1. The summed E-state index contributed by atoms with van der Waals surface area (Å²) in [5.41, 5.74) is 5.22. The number of benzene rings is 2. The Labute approximate surface area is 204 Å². The maximum Gasteiger partial charge on any atom is 0.303 e. The predicted molar refractivity (Wildman–Crippen MR) is 139 cm³/mol. The van der Waals surface area contributed by atoms with Crippen LogP contribution in [0.3, 0.4) is 0 Å². The zero-order chi connectivity index (χ0) is 24.6. The van der Waals surface area contributed by atoms with Crippen LogP contribution in [0.5, 0.6) is 0 Å². The number of hydrogen-bond donors (Lipinski definition) is 3. The minimum absolute atomic E-state index is 0.0138. The summed E-state index contributed by atoms with van der Waals surface area (Å²) in [6, 6.07) is 17.0. The number of carboxylic acid groups (broad SMARTS) is 1. The van der Waals surface area contributed by atoms with Crippen LogP contribution in [0.1, 0.15) is 55.4 Å². The van der Waals surface area contributed by atoms with Gasteiger partial charge in [-0.2, -0.15) is 0 Å². The van der Waals surface area contributed by atoms with Crippen molar-refractivity contribution in [1.82, 2.24) is 10.2 Å². The first-order valence-electron chi connectivity index (χ1n) is 12.4. The molecule has 0 spiro atoms. The van der Waals surface area contributed by atoms with Crippen molar-refractivity contribution in [1.29, 1.82) is 0 Å². The van der Waals surface area contributed by atoms with E-state index >= 15 is 0 Å². The molecule has 0 saturated heterocycles. The molecule has 0 bridgehead atoms. The molecule has 2 aromatic rings. The quantitative estimate of drug-likeness (QED) is 0.406. The third-order valence-corrected chi connectivity index (χ3v) is 6.54. The van der Waals surface area contributed by atoms with Gasteiger partial charge in [-0.15, -0.1) is 0 Å². The van der Waals surface area contributed by atoms with Gasteiger partial charge in [0.15, 0.2) is 0 Å². The van der Waals surface area contributed by atoms with Crippen molar-refractivity contribution in [2.45, 2.75) is 64.1 Å². The number of nitrogens with zero attached hydrogens (tertiary/aromatic N) is 1. The molecule has 0 saturated carbocycles. The van der Waals surface area contributed by atoms with Gasteiger partial charge >= 0.3 is 5.97 Å². The maximum absolute atomic E-state index is 10.6. The van der Waals surface area contributed by atoms with Gasteiger partial charge in [-0.1, -0.05) is 60.7 Å². The van der Waals surface area contributed by atoms with Gasteiger partial charge in [-0.05, 0) is 74.8 Å². The van der Waals surface area contributed by atoms with E-state index < -0.39 is 12.1 Å². The fourth-order valence-corrected chi connectivity index (χ4v) is 4.94. The van der Waals surface area contributed by atoms with Crippen LogP contribution < -0.4 is 5.32 Å². The van der Waals surface area contributed by atoms with Crippen LogP contribution >= 0.6 is 0 Å². The fourth-order valence-electron chi connectivity index (χ4n) is 4.94. The van der Waals surface area contributed by atoms with E-state index in [-0.39, 0.29) is 12.0 Å². The molecule has 1 aliphatic rings. The second-order valence-corrected chi connectivity index (χ2v) is 10.4. The van der Waals surface area contributed by atoms with Crippen LogP contribution in [0.2, 0.25) is 0 Å². The molecule has 0 fully saturated rings. The standard InChI is InChI=1S/C29H40N2O3/c1-29(2,18-24-16-25-9-5-6-10-26(25)17-24)30-19-27(32)21-31(3)20-23-14-12-22(13-15-23)8-4-7-11-28(33)34/h4-6,8-10,12-15,24,27,30,32H,7,11,16-21H2,1-3H3,(H,33,34)/b8-4+/t27-/m1/s1. The predicted octanol–water partition coefficient (Wildman–Crippen LogP) is 4.53. The fraction of sp³-hybridized carbons (Fsp3) is 0.483. The highest BCUT2D eigenvalue weighted by molar-refractivity contribution is 5.67. The number of carbonyl (C=O) groups is 1. The van der Waals surface area contributed by atoms with Crippen LogP contribution in [0.15, 0.2) is 54.6 Å². The number of allylic oxidation sites excluding steroid dienone is 1. The Bertz CT molecular complexity index is 927. The van der Waals surface area contributed by atoms with Gasteiger partial charge in [-0.3, -0.25) is 9.69 Å². The molecule has 0 unspecified atom stereocenters. The second kappa shape index (κ2) is 12.3. The van der Waals surface area contributed by atoms with E-state index in [4.69, 9.17) is 5.11 Å². The molecule has 0 aliphatic heterocycles. The Balaban J connectivity index is 1.37. The summed E-state index contributed by atoms with van der Waals surface area (Å²) in [5.74, 6) is -0.113. The van der Waals surface area contributed by atoms with Gasteiger partial charge in [0.25, 0.3) is 0 Å². The van der Waals surface area contributed by atoms with Gasteiger partial charge in [0, 0.05) is 31.6 Å². The number of aliphatic carboxylic acids is 1. The van der Waals surface area contributed by atoms with Gasteiger partial charge in [-0.25, -0.2) is 0 Å². The number of likely N-dealkylation sites (N-methyl/N-ethyl adjacent to an activating group) is 1. The van der Waals surface area contributed by atoms with E-state index in [9.17, 15) is 9.90 Å². The summed E-state index contributed by atoms with van der Waals surface area (Å²) >= 11 is 0. The van der Waals surface area contributed by atoms with E-state index in [1.165, 1.54) is 16.7 Å². The van der Waals surface area contributed by atoms with Gasteiger partial charge in [0.05, 0.1) is 6.10 Å². The Hall–Kier alpha value is -2.47. The Morgan fingerprint density at radius 2 is 1.79 bits per heavy atom. The highest BCUT2D eigenvalue weighted by Gasteiger charge is 2.28. The summed E-state index contributed by atoms with van der Waals surface area (Å²) in [6.07, 6.45) is 7.53. The molecule has 0 aromatic heterocycles.